The van der Waals surface area contributed by atoms with Gasteiger partial charge in [-0.3, -0.25) is 4.98 Å². The molecule has 0 bridgehead atoms. The average Bonchev–Trinajstić information content (AvgIpc) is 2.80. The number of aromatic nitrogens is 1. The molecule has 0 spiro atoms. The molecule has 1 aliphatic rings. The lowest BCUT2D eigenvalue weighted by molar-refractivity contribution is 0.146. The molecular formula is C25H32N4O3. The molecule has 2 aromatic carbocycles. The zero-order valence-corrected chi connectivity index (χ0v) is 19.3. The molecule has 1 saturated heterocycles. The first-order chi connectivity index (χ1) is 15.6. The number of rotatable bonds is 8. The van der Waals surface area contributed by atoms with Crippen molar-refractivity contribution in [3.05, 3.63) is 48.7 Å². The van der Waals surface area contributed by atoms with Crippen molar-refractivity contribution in [2.75, 3.05) is 64.3 Å². The zero-order chi connectivity index (χ0) is 22.5. The van der Waals surface area contributed by atoms with E-state index in [1.807, 2.05) is 30.5 Å². The smallest absolute Gasteiger partial charge is 0.145 e. The highest BCUT2D eigenvalue weighted by Crippen LogP contribution is 2.35. The predicted molar refractivity (Wildman–Crippen MR) is 130 cm³/mol. The van der Waals surface area contributed by atoms with Crippen LogP contribution in [0.25, 0.3) is 10.9 Å². The number of nitrogens with one attached hydrogen (secondary N) is 1. The highest BCUT2D eigenvalue weighted by molar-refractivity contribution is 5.95. The van der Waals surface area contributed by atoms with Crippen LogP contribution in [0.4, 0.5) is 17.1 Å². The fraction of sp³-hybridized carbons (Fsp3) is 0.400. The molecule has 4 rings (SSSR count). The Labute approximate surface area is 189 Å². The number of pyridine rings is 1. The van der Waals surface area contributed by atoms with Gasteiger partial charge in [0.2, 0.25) is 0 Å². The maximum Gasteiger partial charge on any atom is 0.145 e. The lowest BCUT2D eigenvalue weighted by atomic mass is 10.1. The third kappa shape index (κ3) is 4.89. The number of nitrogens with zero attached hydrogens (tertiary/aromatic N) is 3. The Morgan fingerprint density at radius 2 is 1.91 bits per heavy atom. The lowest BCUT2D eigenvalue weighted by Gasteiger charge is -2.39. The van der Waals surface area contributed by atoms with Crippen molar-refractivity contribution in [3.63, 3.8) is 0 Å². The molecule has 1 atom stereocenters. The third-order valence-electron chi connectivity index (χ3n) is 5.89. The van der Waals surface area contributed by atoms with Gasteiger partial charge in [0.1, 0.15) is 18.1 Å². The predicted octanol–water partition coefficient (Wildman–Crippen LogP) is 4.15. The summed E-state index contributed by atoms with van der Waals surface area (Å²) in [4.78, 5) is 9.48. The summed E-state index contributed by atoms with van der Waals surface area (Å²) in [7, 11) is 5.50. The van der Waals surface area contributed by atoms with E-state index < -0.39 is 0 Å². The summed E-state index contributed by atoms with van der Waals surface area (Å²) < 4.78 is 16.3. The molecule has 32 heavy (non-hydrogen) atoms. The normalized spacial score (nSPS) is 16.9. The summed E-state index contributed by atoms with van der Waals surface area (Å²) in [6, 6.07) is 14.8. The van der Waals surface area contributed by atoms with Gasteiger partial charge in [0.25, 0.3) is 0 Å². The van der Waals surface area contributed by atoms with Gasteiger partial charge in [0, 0.05) is 61.8 Å². The van der Waals surface area contributed by atoms with Gasteiger partial charge < -0.3 is 29.3 Å². The molecule has 7 heteroatoms. The molecule has 0 aliphatic carbocycles. The number of hydrogen-bond donors (Lipinski definition) is 1. The highest BCUT2D eigenvalue weighted by Gasteiger charge is 2.22. The Kier molecular flexibility index (Phi) is 6.97. The fourth-order valence-electron chi connectivity index (χ4n) is 4.20. The van der Waals surface area contributed by atoms with E-state index in [2.05, 4.69) is 52.3 Å². The maximum absolute atomic E-state index is 5.70. The van der Waals surface area contributed by atoms with Crippen molar-refractivity contribution in [2.24, 2.45) is 0 Å². The molecule has 170 valence electrons. The number of benzene rings is 2. The van der Waals surface area contributed by atoms with Gasteiger partial charge >= 0.3 is 0 Å². The molecule has 1 aliphatic heterocycles. The molecule has 1 aromatic heterocycles. The SMILES string of the molecule is COCCOc1ccc(Nc2ccnc3cc(N4CCN(C)CC4C)ccc23)c(OC)c1. The molecule has 3 aromatic rings. The quantitative estimate of drug-likeness (QED) is 0.532. The van der Waals surface area contributed by atoms with Crippen LogP contribution in [0.15, 0.2) is 48.7 Å². The van der Waals surface area contributed by atoms with E-state index in [1.165, 1.54) is 5.69 Å². The first-order valence-electron chi connectivity index (χ1n) is 11.0. The van der Waals surface area contributed by atoms with Crippen LogP contribution in [0.2, 0.25) is 0 Å². The molecule has 0 saturated carbocycles. The van der Waals surface area contributed by atoms with Crippen molar-refractivity contribution >= 4 is 28.0 Å². The summed E-state index contributed by atoms with van der Waals surface area (Å²) in [6.07, 6.45) is 1.84. The zero-order valence-electron chi connectivity index (χ0n) is 19.3. The minimum absolute atomic E-state index is 0.474. The summed E-state index contributed by atoms with van der Waals surface area (Å²) in [5.74, 6) is 1.46. The molecule has 1 N–H and O–H groups in total. The number of piperazine rings is 1. The molecular weight excluding hydrogens is 404 g/mol. The first kappa shape index (κ1) is 22.2. The van der Waals surface area contributed by atoms with Gasteiger partial charge in [-0.1, -0.05) is 0 Å². The molecule has 2 heterocycles. The number of fused-ring (bicyclic) bond motifs is 1. The lowest BCUT2D eigenvalue weighted by Crippen LogP contribution is -2.50. The minimum atomic E-state index is 0.474. The van der Waals surface area contributed by atoms with Crippen LogP contribution in [0.1, 0.15) is 6.92 Å². The van der Waals surface area contributed by atoms with Gasteiger partial charge in [0.15, 0.2) is 0 Å². The maximum atomic E-state index is 5.70. The third-order valence-corrected chi connectivity index (χ3v) is 5.89. The number of methoxy groups -OCH3 is 2. The Morgan fingerprint density at radius 1 is 1.03 bits per heavy atom. The van der Waals surface area contributed by atoms with Gasteiger partial charge in [-0.2, -0.15) is 0 Å². The monoisotopic (exact) mass is 436 g/mol. The standard InChI is InChI=1S/C25H32N4O3/c1-18-17-28(2)11-12-29(18)19-5-7-21-22(9-10-26-24(21)15-19)27-23-8-6-20(16-25(23)31-4)32-14-13-30-3/h5-10,15-16,18H,11-14,17H2,1-4H3,(H,26,27). The van der Waals surface area contributed by atoms with Crippen LogP contribution >= 0.6 is 0 Å². The largest absolute Gasteiger partial charge is 0.494 e. The van der Waals surface area contributed by atoms with E-state index in [0.717, 1.165) is 47.7 Å². The van der Waals surface area contributed by atoms with Crippen molar-refractivity contribution < 1.29 is 14.2 Å². The molecule has 0 amide bonds. The Morgan fingerprint density at radius 3 is 2.69 bits per heavy atom. The van der Waals surface area contributed by atoms with Crippen LogP contribution in [0.3, 0.4) is 0 Å². The van der Waals surface area contributed by atoms with E-state index in [1.54, 1.807) is 14.2 Å². The minimum Gasteiger partial charge on any atom is -0.494 e. The molecule has 1 unspecified atom stereocenters. The fourth-order valence-corrected chi connectivity index (χ4v) is 4.20. The van der Waals surface area contributed by atoms with Crippen LogP contribution in [0.5, 0.6) is 11.5 Å². The Hall–Kier alpha value is -3.03. The van der Waals surface area contributed by atoms with Crippen molar-refractivity contribution in [3.8, 4) is 11.5 Å². The van der Waals surface area contributed by atoms with Crippen LogP contribution in [0, 0.1) is 0 Å². The summed E-state index contributed by atoms with van der Waals surface area (Å²) in [5, 5.41) is 4.58. The van der Waals surface area contributed by atoms with Gasteiger partial charge in [0.05, 0.1) is 24.9 Å². The second kappa shape index (κ2) is 10.1. The van der Waals surface area contributed by atoms with E-state index in [-0.39, 0.29) is 0 Å². The van der Waals surface area contributed by atoms with E-state index in [9.17, 15) is 0 Å². The highest BCUT2D eigenvalue weighted by atomic mass is 16.5. The topological polar surface area (TPSA) is 59.1 Å². The van der Waals surface area contributed by atoms with Gasteiger partial charge in [-0.15, -0.1) is 0 Å². The molecule has 0 radical (unpaired) electrons. The van der Waals surface area contributed by atoms with Crippen LogP contribution < -0.4 is 19.7 Å². The number of likely N-dealkylation sites (N-methyl/N-ethyl adjacent to an activating group) is 1. The molecule has 1 fully saturated rings. The summed E-state index contributed by atoms with van der Waals surface area (Å²) in [5.41, 5.74) is 4.05. The van der Waals surface area contributed by atoms with E-state index >= 15 is 0 Å². The van der Waals surface area contributed by atoms with Crippen molar-refractivity contribution in [1.29, 1.82) is 0 Å². The van der Waals surface area contributed by atoms with E-state index in [4.69, 9.17) is 14.2 Å². The number of anilines is 3. The van der Waals surface area contributed by atoms with E-state index in [0.29, 0.717) is 25.0 Å². The number of ether oxygens (including phenoxy) is 3. The van der Waals surface area contributed by atoms with Crippen molar-refractivity contribution in [2.45, 2.75) is 13.0 Å². The summed E-state index contributed by atoms with van der Waals surface area (Å²) >= 11 is 0. The van der Waals surface area contributed by atoms with Crippen LogP contribution in [-0.4, -0.2) is 70.0 Å². The average molecular weight is 437 g/mol. The number of hydrogen-bond acceptors (Lipinski definition) is 7. The Bertz CT molecular complexity index is 1060. The van der Waals surface area contributed by atoms with Crippen LogP contribution in [-0.2, 0) is 4.74 Å². The summed E-state index contributed by atoms with van der Waals surface area (Å²) in [6.45, 7) is 6.48. The van der Waals surface area contributed by atoms with Crippen molar-refractivity contribution in [1.82, 2.24) is 9.88 Å². The van der Waals surface area contributed by atoms with Gasteiger partial charge in [-0.25, -0.2) is 0 Å². The first-order valence-corrected chi connectivity index (χ1v) is 11.0. The van der Waals surface area contributed by atoms with Gasteiger partial charge in [-0.05, 0) is 50.4 Å². The molecule has 7 nitrogen and oxygen atoms in total. The Balaban J connectivity index is 1.57. The second-order valence-electron chi connectivity index (χ2n) is 8.19. The second-order valence-corrected chi connectivity index (χ2v) is 8.19.